The fourth-order valence-electron chi connectivity index (χ4n) is 2.61. The molecule has 0 atom stereocenters. The smallest absolute Gasteiger partial charge is 0.388 e. The van der Waals surface area contributed by atoms with Gasteiger partial charge < -0.3 is 10.4 Å². The van der Waals surface area contributed by atoms with Crippen LogP contribution in [0.3, 0.4) is 0 Å². The van der Waals surface area contributed by atoms with Gasteiger partial charge in [-0.1, -0.05) is 44.7 Å². The van der Waals surface area contributed by atoms with Crippen molar-refractivity contribution in [1.29, 1.82) is 0 Å². The lowest BCUT2D eigenvalue weighted by Gasteiger charge is -2.13. The number of unbranched alkanes of at least 4 members (excludes halogenated alkanes) is 4. The van der Waals surface area contributed by atoms with Crippen molar-refractivity contribution in [3.05, 3.63) is 41.9 Å². The zero-order chi connectivity index (χ0) is 19.0. The summed E-state index contributed by atoms with van der Waals surface area (Å²) in [6, 6.07) is 4.91. The molecule has 2 aromatic rings. The van der Waals surface area contributed by atoms with E-state index in [2.05, 4.69) is 22.2 Å². The van der Waals surface area contributed by atoms with Crippen molar-refractivity contribution < 1.29 is 18.3 Å². The lowest BCUT2D eigenvalue weighted by molar-refractivity contribution is -0.137. The summed E-state index contributed by atoms with van der Waals surface area (Å²) >= 11 is 0. The minimum absolute atomic E-state index is 0.272. The van der Waals surface area contributed by atoms with Crippen LogP contribution in [0.2, 0.25) is 0 Å². The van der Waals surface area contributed by atoms with Gasteiger partial charge in [0.2, 0.25) is 0 Å². The monoisotopic (exact) mass is 367 g/mol. The zero-order valence-corrected chi connectivity index (χ0v) is 14.8. The molecule has 0 radical (unpaired) electrons. The van der Waals surface area contributed by atoms with Gasteiger partial charge in [-0.2, -0.15) is 13.2 Å². The summed E-state index contributed by atoms with van der Waals surface area (Å²) in [6.07, 6.45) is 2.81. The van der Waals surface area contributed by atoms with Crippen LogP contribution >= 0.6 is 0 Å². The first-order valence-corrected chi connectivity index (χ1v) is 8.84. The van der Waals surface area contributed by atoms with Crippen molar-refractivity contribution in [3.8, 4) is 11.1 Å². The second-order valence-corrected chi connectivity index (χ2v) is 6.12. The Morgan fingerprint density at radius 1 is 1.04 bits per heavy atom. The van der Waals surface area contributed by atoms with Crippen molar-refractivity contribution in [3.63, 3.8) is 0 Å². The first-order valence-electron chi connectivity index (χ1n) is 8.84. The Balaban J connectivity index is 2.14. The maximum atomic E-state index is 12.7. The van der Waals surface area contributed by atoms with Crippen LogP contribution in [-0.2, 0) is 12.8 Å². The highest BCUT2D eigenvalue weighted by Crippen LogP contribution is 2.32. The Morgan fingerprint density at radius 2 is 1.73 bits per heavy atom. The van der Waals surface area contributed by atoms with Gasteiger partial charge in [0.05, 0.1) is 5.56 Å². The van der Waals surface area contributed by atoms with Crippen LogP contribution in [-0.4, -0.2) is 21.6 Å². The SMILES string of the molecule is CCCCCCCNc1nc(CO)ncc1-c1ccc(C(F)(F)F)cc1. The van der Waals surface area contributed by atoms with Crippen LogP contribution in [0.4, 0.5) is 19.0 Å². The summed E-state index contributed by atoms with van der Waals surface area (Å²) in [5.74, 6) is 0.799. The minimum atomic E-state index is -4.37. The number of aliphatic hydroxyl groups is 1. The molecular weight excluding hydrogens is 343 g/mol. The van der Waals surface area contributed by atoms with Gasteiger partial charge in [0.15, 0.2) is 5.82 Å². The summed E-state index contributed by atoms with van der Waals surface area (Å²) in [6.45, 7) is 2.57. The average Bonchev–Trinajstić information content (AvgIpc) is 2.64. The van der Waals surface area contributed by atoms with Gasteiger partial charge in [0.1, 0.15) is 12.4 Å². The molecule has 1 aromatic carbocycles. The standard InChI is InChI=1S/C19H24F3N3O/c1-2-3-4-5-6-11-23-18-16(12-24-17(13-26)25-18)14-7-9-15(10-8-14)19(20,21)22/h7-10,12,26H,2-6,11,13H2,1H3,(H,23,24,25). The summed E-state index contributed by atoms with van der Waals surface area (Å²) in [4.78, 5) is 8.33. The maximum Gasteiger partial charge on any atom is 0.416 e. The fraction of sp³-hybridized carbons (Fsp3) is 0.474. The van der Waals surface area contributed by atoms with Gasteiger partial charge in [-0.05, 0) is 24.1 Å². The number of anilines is 1. The Hall–Kier alpha value is -2.15. The third kappa shape index (κ3) is 5.69. The van der Waals surface area contributed by atoms with E-state index < -0.39 is 11.7 Å². The highest BCUT2D eigenvalue weighted by molar-refractivity contribution is 5.74. The van der Waals surface area contributed by atoms with Crippen molar-refractivity contribution in [2.24, 2.45) is 0 Å². The lowest BCUT2D eigenvalue weighted by atomic mass is 10.1. The van der Waals surface area contributed by atoms with Gasteiger partial charge >= 0.3 is 6.18 Å². The lowest BCUT2D eigenvalue weighted by Crippen LogP contribution is -2.08. The zero-order valence-electron chi connectivity index (χ0n) is 14.8. The molecule has 0 fully saturated rings. The number of rotatable bonds is 9. The van der Waals surface area contributed by atoms with Gasteiger partial charge in [0.25, 0.3) is 0 Å². The molecule has 0 unspecified atom stereocenters. The minimum Gasteiger partial charge on any atom is -0.388 e. The Morgan fingerprint density at radius 3 is 2.35 bits per heavy atom. The van der Waals surface area contributed by atoms with Crippen LogP contribution in [0.15, 0.2) is 30.5 Å². The number of aliphatic hydroxyl groups excluding tert-OH is 1. The van der Waals surface area contributed by atoms with Gasteiger partial charge in [0, 0.05) is 18.3 Å². The average molecular weight is 367 g/mol. The van der Waals surface area contributed by atoms with Gasteiger partial charge in [-0.15, -0.1) is 0 Å². The molecule has 4 nitrogen and oxygen atoms in total. The molecule has 26 heavy (non-hydrogen) atoms. The van der Waals surface area contributed by atoms with E-state index in [1.54, 1.807) is 0 Å². The van der Waals surface area contributed by atoms with E-state index >= 15 is 0 Å². The number of benzene rings is 1. The number of halogens is 3. The van der Waals surface area contributed by atoms with E-state index in [0.29, 0.717) is 23.5 Å². The molecule has 7 heteroatoms. The van der Waals surface area contributed by atoms with E-state index in [4.69, 9.17) is 0 Å². The summed E-state index contributed by atoms with van der Waals surface area (Å²) in [5.41, 5.74) is 0.514. The first kappa shape index (κ1) is 20.2. The molecule has 0 saturated heterocycles. The largest absolute Gasteiger partial charge is 0.416 e. The van der Waals surface area contributed by atoms with E-state index in [1.807, 2.05) is 0 Å². The highest BCUT2D eigenvalue weighted by atomic mass is 19.4. The molecule has 0 amide bonds. The van der Waals surface area contributed by atoms with E-state index in [0.717, 1.165) is 25.0 Å². The van der Waals surface area contributed by atoms with E-state index in [9.17, 15) is 18.3 Å². The molecule has 0 aliphatic heterocycles. The Labute approximate surface area is 151 Å². The van der Waals surface area contributed by atoms with Crippen LogP contribution in [0, 0.1) is 0 Å². The molecule has 2 N–H and O–H groups in total. The Bertz CT molecular complexity index is 687. The molecule has 1 aromatic heterocycles. The number of aromatic nitrogens is 2. The van der Waals surface area contributed by atoms with E-state index in [1.165, 1.54) is 37.6 Å². The molecule has 0 bridgehead atoms. The van der Waals surface area contributed by atoms with Crippen LogP contribution in [0.1, 0.15) is 50.4 Å². The molecule has 0 spiro atoms. The molecule has 0 aliphatic carbocycles. The molecular formula is C19H24F3N3O. The third-order valence-corrected chi connectivity index (χ3v) is 4.08. The molecule has 2 rings (SSSR count). The third-order valence-electron chi connectivity index (χ3n) is 4.08. The summed E-state index contributed by atoms with van der Waals surface area (Å²) in [7, 11) is 0. The number of alkyl halides is 3. The second-order valence-electron chi connectivity index (χ2n) is 6.12. The van der Waals surface area contributed by atoms with E-state index in [-0.39, 0.29) is 12.4 Å². The predicted molar refractivity (Wildman–Crippen MR) is 95.6 cm³/mol. The van der Waals surface area contributed by atoms with Crippen molar-refractivity contribution in [2.45, 2.75) is 51.8 Å². The quantitative estimate of drug-likeness (QED) is 0.610. The van der Waals surface area contributed by atoms with Gasteiger partial charge in [-0.3, -0.25) is 0 Å². The first-order chi connectivity index (χ1) is 12.5. The number of hydrogen-bond donors (Lipinski definition) is 2. The Kier molecular flexibility index (Phi) is 7.38. The van der Waals surface area contributed by atoms with Crippen molar-refractivity contribution in [2.75, 3.05) is 11.9 Å². The second kappa shape index (κ2) is 9.52. The van der Waals surface area contributed by atoms with Crippen LogP contribution in [0.25, 0.3) is 11.1 Å². The normalized spacial score (nSPS) is 11.6. The molecule has 142 valence electrons. The molecule has 0 saturated carbocycles. The van der Waals surface area contributed by atoms with Gasteiger partial charge in [-0.25, -0.2) is 9.97 Å². The number of hydrogen-bond acceptors (Lipinski definition) is 4. The van der Waals surface area contributed by atoms with Crippen LogP contribution < -0.4 is 5.32 Å². The predicted octanol–water partition coefficient (Wildman–Crippen LogP) is 5.04. The van der Waals surface area contributed by atoms with Crippen molar-refractivity contribution in [1.82, 2.24) is 9.97 Å². The molecule has 0 aliphatic rings. The summed E-state index contributed by atoms with van der Waals surface area (Å²) in [5, 5.41) is 12.5. The van der Waals surface area contributed by atoms with Crippen molar-refractivity contribution >= 4 is 5.82 Å². The van der Waals surface area contributed by atoms with Crippen LogP contribution in [0.5, 0.6) is 0 Å². The summed E-state index contributed by atoms with van der Waals surface area (Å²) < 4.78 is 38.2. The fourth-order valence-corrected chi connectivity index (χ4v) is 2.61. The number of nitrogens with zero attached hydrogens (tertiary/aromatic N) is 2. The topological polar surface area (TPSA) is 58.0 Å². The number of nitrogens with one attached hydrogen (secondary N) is 1. The highest BCUT2D eigenvalue weighted by Gasteiger charge is 2.30. The maximum absolute atomic E-state index is 12.7. The molecule has 1 heterocycles.